The van der Waals surface area contributed by atoms with E-state index in [4.69, 9.17) is 32.7 Å². The summed E-state index contributed by atoms with van der Waals surface area (Å²) in [6.45, 7) is 0.808. The molecule has 2 heterocycles. The molecule has 0 amide bonds. The second-order valence-electron chi connectivity index (χ2n) is 6.22. The van der Waals surface area contributed by atoms with E-state index in [-0.39, 0.29) is 19.1 Å². The monoisotopic (exact) mass is 365 g/mol. The molecule has 2 aliphatic heterocycles. The number of rotatable bonds is 3. The quantitative estimate of drug-likeness (QED) is 0.898. The van der Waals surface area contributed by atoms with Gasteiger partial charge in [-0.1, -0.05) is 47.5 Å². The lowest BCUT2D eigenvalue weighted by molar-refractivity contribution is -0.0630. The van der Waals surface area contributed by atoms with Gasteiger partial charge in [-0.2, -0.15) is 0 Å². The van der Waals surface area contributed by atoms with Crippen molar-refractivity contribution in [2.75, 3.05) is 19.8 Å². The summed E-state index contributed by atoms with van der Waals surface area (Å²) in [5.41, 5.74) is 1.44. The fourth-order valence-corrected chi connectivity index (χ4v) is 3.63. The zero-order chi connectivity index (χ0) is 16.7. The summed E-state index contributed by atoms with van der Waals surface area (Å²) in [5.74, 6) is 0. The van der Waals surface area contributed by atoms with Gasteiger partial charge in [0.1, 0.15) is 12.5 Å². The first-order valence-corrected chi connectivity index (χ1v) is 8.52. The summed E-state index contributed by atoms with van der Waals surface area (Å²) in [6, 6.07) is 15.1. The molecule has 2 saturated heterocycles. The number of fused-ring (bicyclic) bond motifs is 1. The minimum Gasteiger partial charge on any atom is -0.394 e. The molecule has 24 heavy (non-hydrogen) atoms. The number of hydrogen-bond donors (Lipinski definition) is 1. The molecule has 0 spiro atoms. The summed E-state index contributed by atoms with van der Waals surface area (Å²) in [6.07, 6.45) is -0.588. The first kappa shape index (κ1) is 16.3. The molecule has 2 fully saturated rings. The molecule has 0 unspecified atom stereocenters. The van der Waals surface area contributed by atoms with Crippen LogP contribution < -0.4 is 0 Å². The number of hydrogen-bond acceptors (Lipinski definition) is 4. The topological polar surface area (TPSA) is 41.9 Å². The molecule has 0 aromatic heterocycles. The van der Waals surface area contributed by atoms with Crippen molar-refractivity contribution >= 4 is 23.2 Å². The van der Waals surface area contributed by atoms with Gasteiger partial charge in [0, 0.05) is 10.0 Å². The fraction of sp³-hybridized carbons (Fsp3) is 0.333. The maximum Gasteiger partial charge on any atom is 0.139 e. The molecule has 3 atom stereocenters. The van der Waals surface area contributed by atoms with Gasteiger partial charge >= 0.3 is 0 Å². The smallest absolute Gasteiger partial charge is 0.139 e. The van der Waals surface area contributed by atoms with Crippen LogP contribution in [0.3, 0.4) is 0 Å². The van der Waals surface area contributed by atoms with E-state index in [9.17, 15) is 5.11 Å². The number of benzene rings is 2. The highest BCUT2D eigenvalue weighted by Gasteiger charge is 2.56. The molecule has 126 valence electrons. The Morgan fingerprint density at radius 2 is 1.29 bits per heavy atom. The number of ether oxygens (including phenoxy) is 2. The van der Waals surface area contributed by atoms with Crippen molar-refractivity contribution in [2.24, 2.45) is 0 Å². The van der Waals surface area contributed by atoms with Crippen molar-refractivity contribution in [1.29, 1.82) is 0 Å². The van der Waals surface area contributed by atoms with Gasteiger partial charge in [0.25, 0.3) is 0 Å². The highest BCUT2D eigenvalue weighted by molar-refractivity contribution is 6.30. The lowest BCUT2D eigenvalue weighted by Crippen LogP contribution is -2.47. The zero-order valence-electron chi connectivity index (χ0n) is 12.9. The van der Waals surface area contributed by atoms with Crippen LogP contribution in [-0.2, 0) is 9.47 Å². The van der Waals surface area contributed by atoms with E-state index >= 15 is 0 Å². The maximum absolute atomic E-state index is 10.0. The van der Waals surface area contributed by atoms with E-state index in [1.165, 1.54) is 0 Å². The Balaban J connectivity index is 1.72. The highest BCUT2D eigenvalue weighted by Crippen LogP contribution is 2.48. The maximum atomic E-state index is 10.0. The van der Waals surface area contributed by atoms with Crippen molar-refractivity contribution in [1.82, 2.24) is 4.90 Å². The first-order chi connectivity index (χ1) is 11.6. The van der Waals surface area contributed by atoms with Gasteiger partial charge in [0.05, 0.1) is 25.4 Å². The molecule has 4 nitrogen and oxygen atoms in total. The van der Waals surface area contributed by atoms with Crippen molar-refractivity contribution in [2.45, 2.75) is 18.0 Å². The summed E-state index contributed by atoms with van der Waals surface area (Å²) in [7, 11) is 0. The van der Waals surface area contributed by atoms with E-state index in [1.54, 1.807) is 0 Å². The number of halogens is 2. The van der Waals surface area contributed by atoms with Gasteiger partial charge in [-0.25, -0.2) is 4.90 Å². The van der Waals surface area contributed by atoms with Crippen LogP contribution in [0.4, 0.5) is 0 Å². The molecular formula is C18H17Cl2NO3. The zero-order valence-corrected chi connectivity index (χ0v) is 14.4. The van der Waals surface area contributed by atoms with Crippen molar-refractivity contribution in [3.63, 3.8) is 0 Å². The molecule has 2 aliphatic rings. The first-order valence-electron chi connectivity index (χ1n) is 7.76. The van der Waals surface area contributed by atoms with Gasteiger partial charge in [-0.3, -0.25) is 0 Å². The average Bonchev–Trinajstić information content (AvgIpc) is 3.14. The highest BCUT2D eigenvalue weighted by atomic mass is 35.5. The standard InChI is InChI=1S/C18H17Cl2NO3/c19-14-5-1-12(2-6-14)16-21-17(13-3-7-15(20)8-4-13)24-11-18(21,9-22)10-23-16/h1-8,16-17,22H,9-11H2/t16-,17+,18-. The molecule has 2 aromatic carbocycles. The molecule has 6 heteroatoms. The molecule has 4 rings (SSSR count). The van der Waals surface area contributed by atoms with Crippen LogP contribution in [0.1, 0.15) is 23.6 Å². The Kier molecular flexibility index (Phi) is 4.29. The molecule has 0 saturated carbocycles. The van der Waals surface area contributed by atoms with Gasteiger partial charge < -0.3 is 14.6 Å². The predicted octanol–water partition coefficient (Wildman–Crippen LogP) is 3.78. The number of nitrogens with zero attached hydrogens (tertiary/aromatic N) is 1. The van der Waals surface area contributed by atoms with Crippen molar-refractivity contribution in [3.05, 3.63) is 69.7 Å². The van der Waals surface area contributed by atoms with Crippen LogP contribution >= 0.6 is 23.2 Å². The Morgan fingerprint density at radius 1 is 0.875 bits per heavy atom. The molecular weight excluding hydrogens is 349 g/mol. The van der Waals surface area contributed by atoms with Gasteiger partial charge in [-0.05, 0) is 35.4 Å². The van der Waals surface area contributed by atoms with E-state index in [0.29, 0.717) is 23.3 Å². The van der Waals surface area contributed by atoms with E-state index in [1.807, 2.05) is 48.5 Å². The molecule has 0 aliphatic carbocycles. The third-order valence-corrected chi connectivity index (χ3v) is 5.18. The van der Waals surface area contributed by atoms with Crippen LogP contribution in [0.2, 0.25) is 10.0 Å². The third kappa shape index (κ3) is 2.64. The van der Waals surface area contributed by atoms with Crippen LogP contribution in [0.5, 0.6) is 0 Å². The molecule has 1 N–H and O–H groups in total. The third-order valence-electron chi connectivity index (χ3n) is 4.68. The van der Waals surface area contributed by atoms with Crippen LogP contribution in [-0.4, -0.2) is 35.4 Å². The minimum absolute atomic E-state index is 0.0266. The summed E-state index contributed by atoms with van der Waals surface area (Å²) in [4.78, 5) is 2.11. The van der Waals surface area contributed by atoms with Gasteiger partial charge in [-0.15, -0.1) is 0 Å². The lowest BCUT2D eigenvalue weighted by atomic mass is 10.0. The largest absolute Gasteiger partial charge is 0.394 e. The molecule has 0 bridgehead atoms. The summed E-state index contributed by atoms with van der Waals surface area (Å²) < 4.78 is 12.1. The van der Waals surface area contributed by atoms with E-state index in [2.05, 4.69) is 4.90 Å². The lowest BCUT2D eigenvalue weighted by Gasteiger charge is -2.33. The normalized spacial score (nSPS) is 29.8. The van der Waals surface area contributed by atoms with Crippen molar-refractivity contribution < 1.29 is 14.6 Å². The Morgan fingerprint density at radius 3 is 1.67 bits per heavy atom. The van der Waals surface area contributed by atoms with E-state index < -0.39 is 5.54 Å². The van der Waals surface area contributed by atoms with Gasteiger partial charge in [0.15, 0.2) is 0 Å². The van der Waals surface area contributed by atoms with Crippen LogP contribution in [0.25, 0.3) is 0 Å². The number of aliphatic hydroxyl groups excluding tert-OH is 1. The Hall–Kier alpha value is -1.14. The minimum atomic E-state index is -0.533. The van der Waals surface area contributed by atoms with Crippen molar-refractivity contribution in [3.8, 4) is 0 Å². The molecule has 2 aromatic rings. The Bertz CT molecular complexity index is 663. The van der Waals surface area contributed by atoms with Crippen LogP contribution in [0.15, 0.2) is 48.5 Å². The Labute approximate surface area is 150 Å². The fourth-order valence-electron chi connectivity index (χ4n) is 3.38. The van der Waals surface area contributed by atoms with E-state index in [0.717, 1.165) is 11.1 Å². The second kappa shape index (κ2) is 6.30. The SMILES string of the molecule is OC[C@]12CO[C@H](c3ccc(Cl)cc3)N1[C@H](c1ccc(Cl)cc1)OC2. The van der Waals surface area contributed by atoms with Gasteiger partial charge in [0.2, 0.25) is 0 Å². The average molecular weight is 366 g/mol. The molecule has 0 radical (unpaired) electrons. The number of aliphatic hydroxyl groups is 1. The predicted molar refractivity (Wildman–Crippen MR) is 91.9 cm³/mol. The summed E-state index contributed by atoms with van der Waals surface area (Å²) in [5, 5.41) is 11.4. The second-order valence-corrected chi connectivity index (χ2v) is 7.09. The summed E-state index contributed by atoms with van der Waals surface area (Å²) >= 11 is 12.0. The van der Waals surface area contributed by atoms with Crippen LogP contribution in [0, 0.1) is 0 Å².